The molecule has 6 nitrogen and oxygen atoms in total. The Labute approximate surface area is 98.6 Å². The summed E-state index contributed by atoms with van der Waals surface area (Å²) in [5.74, 6) is -1.41. The Balaban J connectivity index is 1.95. The number of carbonyl (C=O) groups is 2. The van der Waals surface area contributed by atoms with Crippen molar-refractivity contribution in [1.82, 2.24) is 15.1 Å². The van der Waals surface area contributed by atoms with Crippen LogP contribution in [0.1, 0.15) is 24.8 Å². The van der Waals surface area contributed by atoms with Crippen molar-refractivity contribution in [3.05, 3.63) is 18.0 Å². The van der Waals surface area contributed by atoms with Crippen LogP contribution in [-0.4, -0.2) is 26.8 Å². The highest BCUT2D eigenvalue weighted by Gasteiger charge is 2.50. The Hall–Kier alpha value is -1.85. The van der Waals surface area contributed by atoms with Gasteiger partial charge in [-0.15, -0.1) is 0 Å². The molecule has 1 aliphatic carbocycles. The topological polar surface area (TPSA) is 84.2 Å². The molecule has 1 heterocycles. The van der Waals surface area contributed by atoms with Crippen molar-refractivity contribution in [2.45, 2.75) is 25.8 Å². The van der Waals surface area contributed by atoms with Crippen LogP contribution in [0, 0.1) is 5.41 Å². The van der Waals surface area contributed by atoms with Gasteiger partial charge in [-0.1, -0.05) is 6.42 Å². The highest BCUT2D eigenvalue weighted by Crippen LogP contribution is 2.41. The molecule has 2 N–H and O–H groups in total. The molecule has 0 saturated heterocycles. The summed E-state index contributed by atoms with van der Waals surface area (Å²) in [6.07, 6.45) is 5.10. The lowest BCUT2D eigenvalue weighted by molar-refractivity contribution is -0.162. The summed E-state index contributed by atoms with van der Waals surface area (Å²) < 4.78 is 1.64. The van der Waals surface area contributed by atoms with Crippen LogP contribution < -0.4 is 5.32 Å². The van der Waals surface area contributed by atoms with E-state index in [1.54, 1.807) is 24.1 Å². The fraction of sp³-hybridized carbons (Fsp3) is 0.545. The summed E-state index contributed by atoms with van der Waals surface area (Å²) in [7, 11) is 1.79. The second-order valence-electron chi connectivity index (χ2n) is 4.45. The number of hydrogen-bond acceptors (Lipinski definition) is 3. The van der Waals surface area contributed by atoms with Crippen molar-refractivity contribution in [1.29, 1.82) is 0 Å². The van der Waals surface area contributed by atoms with Gasteiger partial charge < -0.3 is 10.4 Å². The Morgan fingerprint density at radius 1 is 1.59 bits per heavy atom. The van der Waals surface area contributed by atoms with Gasteiger partial charge in [0.2, 0.25) is 5.91 Å². The number of aliphatic carboxylic acids is 1. The number of nitrogens with one attached hydrogen (secondary N) is 1. The summed E-state index contributed by atoms with van der Waals surface area (Å²) in [5.41, 5.74) is -0.330. The lowest BCUT2D eigenvalue weighted by Crippen LogP contribution is -2.50. The number of amides is 1. The van der Waals surface area contributed by atoms with Crippen molar-refractivity contribution >= 4 is 11.9 Å². The third kappa shape index (κ3) is 2.02. The van der Waals surface area contributed by atoms with Crippen LogP contribution in [0.2, 0.25) is 0 Å². The Bertz CT molecular complexity index is 449. The number of nitrogens with zero attached hydrogens (tertiary/aromatic N) is 2. The van der Waals surface area contributed by atoms with E-state index in [2.05, 4.69) is 10.4 Å². The molecule has 1 aliphatic rings. The molecule has 0 bridgehead atoms. The van der Waals surface area contributed by atoms with E-state index in [1.807, 2.05) is 0 Å². The van der Waals surface area contributed by atoms with Crippen LogP contribution in [0.3, 0.4) is 0 Å². The van der Waals surface area contributed by atoms with Gasteiger partial charge in [-0.2, -0.15) is 5.10 Å². The largest absolute Gasteiger partial charge is 0.480 e. The van der Waals surface area contributed by atoms with Crippen LogP contribution in [0.15, 0.2) is 12.4 Å². The summed E-state index contributed by atoms with van der Waals surface area (Å²) >= 11 is 0. The average Bonchev–Trinajstić information content (AvgIpc) is 2.59. The molecule has 1 aromatic heterocycles. The van der Waals surface area contributed by atoms with Gasteiger partial charge in [-0.25, -0.2) is 0 Å². The predicted octanol–water partition coefficient (Wildman–Crippen LogP) is 0.291. The minimum absolute atomic E-state index is 0.321. The SMILES string of the molecule is Cn1cc(CNC(=O)C2(C(=O)O)CCC2)cn1. The molecule has 1 saturated carbocycles. The average molecular weight is 237 g/mol. The van der Waals surface area contributed by atoms with Crippen LogP contribution in [0.4, 0.5) is 0 Å². The number of carboxylic acid groups (broad SMARTS) is 1. The molecular weight excluding hydrogens is 222 g/mol. The van der Waals surface area contributed by atoms with Crippen molar-refractivity contribution in [2.24, 2.45) is 12.5 Å². The van der Waals surface area contributed by atoms with Crippen molar-refractivity contribution in [3.63, 3.8) is 0 Å². The zero-order chi connectivity index (χ0) is 12.5. The number of hydrogen-bond donors (Lipinski definition) is 2. The summed E-state index contributed by atoms with van der Waals surface area (Å²) in [6, 6.07) is 0. The molecule has 0 unspecified atom stereocenters. The molecule has 0 radical (unpaired) electrons. The van der Waals surface area contributed by atoms with Gasteiger partial charge in [-0.3, -0.25) is 14.3 Å². The summed E-state index contributed by atoms with van der Waals surface area (Å²) in [4.78, 5) is 22.9. The smallest absolute Gasteiger partial charge is 0.319 e. The first kappa shape index (κ1) is 11.6. The first-order valence-corrected chi connectivity index (χ1v) is 5.54. The predicted molar refractivity (Wildman–Crippen MR) is 59.0 cm³/mol. The first-order valence-electron chi connectivity index (χ1n) is 5.54. The Morgan fingerprint density at radius 2 is 2.29 bits per heavy atom. The normalized spacial score (nSPS) is 17.2. The molecule has 2 rings (SSSR count). The molecule has 0 atom stereocenters. The third-order valence-electron chi connectivity index (χ3n) is 3.26. The lowest BCUT2D eigenvalue weighted by atomic mass is 9.68. The zero-order valence-corrected chi connectivity index (χ0v) is 9.64. The minimum Gasteiger partial charge on any atom is -0.480 e. The highest BCUT2D eigenvalue weighted by molar-refractivity contribution is 6.02. The Kier molecular flexibility index (Phi) is 2.87. The van der Waals surface area contributed by atoms with Crippen molar-refractivity contribution in [2.75, 3.05) is 0 Å². The van der Waals surface area contributed by atoms with Crippen molar-refractivity contribution in [3.8, 4) is 0 Å². The lowest BCUT2D eigenvalue weighted by Gasteiger charge is -2.35. The maximum atomic E-state index is 11.8. The molecule has 0 aromatic carbocycles. The second-order valence-corrected chi connectivity index (χ2v) is 4.45. The molecule has 17 heavy (non-hydrogen) atoms. The van der Waals surface area contributed by atoms with E-state index in [1.165, 1.54) is 0 Å². The number of rotatable bonds is 4. The fourth-order valence-electron chi connectivity index (χ4n) is 1.98. The van der Waals surface area contributed by atoms with Gasteiger partial charge in [0, 0.05) is 25.4 Å². The standard InChI is InChI=1S/C11H15N3O3/c1-14-7-8(6-13-14)5-12-9(15)11(10(16)17)3-2-4-11/h6-7H,2-5H2,1H3,(H,12,15)(H,16,17). The van der Waals surface area contributed by atoms with Gasteiger partial charge in [0.05, 0.1) is 6.20 Å². The molecule has 6 heteroatoms. The highest BCUT2D eigenvalue weighted by atomic mass is 16.4. The van der Waals surface area contributed by atoms with Gasteiger partial charge >= 0.3 is 5.97 Å². The zero-order valence-electron chi connectivity index (χ0n) is 9.64. The molecule has 92 valence electrons. The quantitative estimate of drug-likeness (QED) is 0.737. The van der Waals surface area contributed by atoms with E-state index in [0.29, 0.717) is 19.4 Å². The monoisotopic (exact) mass is 237 g/mol. The summed E-state index contributed by atoms with van der Waals surface area (Å²) in [6.45, 7) is 0.321. The van der Waals surface area contributed by atoms with E-state index in [-0.39, 0.29) is 5.91 Å². The van der Waals surface area contributed by atoms with Crippen LogP contribution in [-0.2, 0) is 23.2 Å². The van der Waals surface area contributed by atoms with Crippen LogP contribution >= 0.6 is 0 Å². The number of carbonyl (C=O) groups excluding carboxylic acids is 1. The van der Waals surface area contributed by atoms with E-state index in [4.69, 9.17) is 5.11 Å². The van der Waals surface area contributed by atoms with Crippen LogP contribution in [0.25, 0.3) is 0 Å². The van der Waals surface area contributed by atoms with E-state index in [9.17, 15) is 9.59 Å². The Morgan fingerprint density at radius 3 is 2.71 bits per heavy atom. The molecular formula is C11H15N3O3. The molecule has 1 fully saturated rings. The van der Waals surface area contributed by atoms with Crippen molar-refractivity contribution < 1.29 is 14.7 Å². The molecule has 1 amide bonds. The molecule has 0 aliphatic heterocycles. The second kappa shape index (κ2) is 4.20. The van der Waals surface area contributed by atoms with E-state index >= 15 is 0 Å². The van der Waals surface area contributed by atoms with E-state index < -0.39 is 11.4 Å². The van der Waals surface area contributed by atoms with Gasteiger partial charge in [0.1, 0.15) is 5.41 Å². The number of aromatic nitrogens is 2. The van der Waals surface area contributed by atoms with Gasteiger partial charge in [0.15, 0.2) is 0 Å². The third-order valence-corrected chi connectivity index (χ3v) is 3.26. The van der Waals surface area contributed by atoms with Gasteiger partial charge in [0.25, 0.3) is 0 Å². The fourth-order valence-corrected chi connectivity index (χ4v) is 1.98. The minimum atomic E-state index is -1.19. The maximum Gasteiger partial charge on any atom is 0.319 e. The van der Waals surface area contributed by atoms with Crippen LogP contribution in [0.5, 0.6) is 0 Å². The molecule has 1 aromatic rings. The van der Waals surface area contributed by atoms with E-state index in [0.717, 1.165) is 12.0 Å². The van der Waals surface area contributed by atoms with Gasteiger partial charge in [-0.05, 0) is 12.8 Å². The number of aryl methyl sites for hydroxylation is 1. The summed E-state index contributed by atoms with van der Waals surface area (Å²) in [5, 5.41) is 15.7. The maximum absolute atomic E-state index is 11.8. The number of carboxylic acids is 1. The first-order chi connectivity index (χ1) is 8.04. The molecule has 0 spiro atoms.